The molecule has 0 rings (SSSR count). The van der Waals surface area contributed by atoms with E-state index < -0.39 is 16.4 Å². The zero-order chi connectivity index (χ0) is 8.85. The minimum absolute atomic E-state index is 0.608. The van der Waals surface area contributed by atoms with Crippen molar-refractivity contribution in [2.75, 3.05) is 0 Å². The molecule has 0 bridgehead atoms. The number of halogens is 1. The average Bonchev–Trinajstić information content (AvgIpc) is 1.88. The van der Waals surface area contributed by atoms with E-state index in [1.165, 1.54) is 6.08 Å². The van der Waals surface area contributed by atoms with Crippen LogP contribution in [0.15, 0.2) is 36.3 Å². The predicted molar refractivity (Wildman–Crippen MR) is 40.1 cm³/mol. The molecule has 11 heavy (non-hydrogen) atoms. The molecule has 0 saturated heterocycles. The Morgan fingerprint density at radius 3 is 2.55 bits per heavy atom. The van der Waals surface area contributed by atoms with Gasteiger partial charge in [0.05, 0.1) is 4.92 Å². The largest absolute Gasteiger partial charge is 0.304 e. The molecular formula is C7H8FNO2. The van der Waals surface area contributed by atoms with Gasteiger partial charge in [-0.1, -0.05) is 12.7 Å². The zero-order valence-electron chi connectivity index (χ0n) is 6.08. The number of rotatable bonds is 3. The van der Waals surface area contributed by atoms with Crippen molar-refractivity contribution >= 4 is 0 Å². The highest BCUT2D eigenvalue weighted by atomic mass is 19.1. The second-order valence-electron chi connectivity index (χ2n) is 1.69. The highest BCUT2D eigenvalue weighted by molar-refractivity contribution is 5.21. The first-order chi connectivity index (χ1) is 5.13. The van der Waals surface area contributed by atoms with Crippen LogP contribution in [0.1, 0.15) is 6.92 Å². The number of allylic oxidation sites excluding steroid dienone is 4. The standard InChI is InChI=1S/C7H8FNO2/c1-3-5-6(8)7(4-2)9(10)11/h3-5H,2H2,1H3/b5-3-,7-6-. The second kappa shape index (κ2) is 4.38. The summed E-state index contributed by atoms with van der Waals surface area (Å²) in [7, 11) is 0. The quantitative estimate of drug-likeness (QED) is 0.358. The molecule has 60 valence electrons. The van der Waals surface area contributed by atoms with Crippen molar-refractivity contribution in [2.24, 2.45) is 0 Å². The summed E-state index contributed by atoms with van der Waals surface area (Å²) in [5.41, 5.74) is -0.608. The summed E-state index contributed by atoms with van der Waals surface area (Å²) in [6, 6.07) is 0. The lowest BCUT2D eigenvalue weighted by atomic mass is 10.3. The van der Waals surface area contributed by atoms with Gasteiger partial charge < -0.3 is 0 Å². The molecule has 0 aromatic rings. The van der Waals surface area contributed by atoms with Crippen LogP contribution in [0.25, 0.3) is 0 Å². The Bertz CT molecular complexity index is 231. The fourth-order valence-electron chi connectivity index (χ4n) is 0.491. The summed E-state index contributed by atoms with van der Waals surface area (Å²) in [6.07, 6.45) is 3.26. The molecule has 0 aliphatic carbocycles. The van der Waals surface area contributed by atoms with Crippen LogP contribution in [-0.4, -0.2) is 4.92 Å². The first kappa shape index (κ1) is 9.55. The van der Waals surface area contributed by atoms with E-state index >= 15 is 0 Å². The summed E-state index contributed by atoms with van der Waals surface area (Å²) >= 11 is 0. The Hall–Kier alpha value is -1.45. The van der Waals surface area contributed by atoms with Gasteiger partial charge in [0.15, 0.2) is 5.83 Å². The minimum Gasteiger partial charge on any atom is -0.258 e. The maximum absolute atomic E-state index is 12.6. The number of nitro groups is 1. The molecule has 0 amide bonds. The molecule has 0 aromatic carbocycles. The summed E-state index contributed by atoms with van der Waals surface area (Å²) in [5.74, 6) is -0.882. The molecule has 0 unspecified atom stereocenters. The van der Waals surface area contributed by atoms with Crippen molar-refractivity contribution in [2.45, 2.75) is 6.92 Å². The van der Waals surface area contributed by atoms with Crippen LogP contribution in [0.3, 0.4) is 0 Å². The van der Waals surface area contributed by atoms with E-state index in [1.54, 1.807) is 6.92 Å². The summed E-state index contributed by atoms with van der Waals surface area (Å²) in [4.78, 5) is 9.23. The van der Waals surface area contributed by atoms with Crippen molar-refractivity contribution in [1.29, 1.82) is 0 Å². The molecule has 0 saturated carbocycles. The lowest BCUT2D eigenvalue weighted by Gasteiger charge is -1.89. The van der Waals surface area contributed by atoms with E-state index in [0.29, 0.717) is 0 Å². The van der Waals surface area contributed by atoms with E-state index in [0.717, 1.165) is 12.2 Å². The Morgan fingerprint density at radius 2 is 2.27 bits per heavy atom. The van der Waals surface area contributed by atoms with Crippen molar-refractivity contribution < 1.29 is 9.31 Å². The van der Waals surface area contributed by atoms with E-state index in [2.05, 4.69) is 6.58 Å². The first-order valence-electron chi connectivity index (χ1n) is 2.92. The van der Waals surface area contributed by atoms with Crippen molar-refractivity contribution in [3.8, 4) is 0 Å². The van der Waals surface area contributed by atoms with Gasteiger partial charge in [-0.3, -0.25) is 10.1 Å². The molecule has 0 atom stereocenters. The number of hydrogen-bond acceptors (Lipinski definition) is 2. The van der Waals surface area contributed by atoms with Gasteiger partial charge >= 0.3 is 5.70 Å². The van der Waals surface area contributed by atoms with Gasteiger partial charge in [0.2, 0.25) is 0 Å². The van der Waals surface area contributed by atoms with Gasteiger partial charge in [0, 0.05) is 6.08 Å². The van der Waals surface area contributed by atoms with Gasteiger partial charge in [-0.15, -0.1) is 0 Å². The molecule has 0 aromatic heterocycles. The van der Waals surface area contributed by atoms with Crippen molar-refractivity contribution in [1.82, 2.24) is 0 Å². The lowest BCUT2D eigenvalue weighted by Crippen LogP contribution is -1.96. The Labute approximate surface area is 63.7 Å². The fraction of sp³-hybridized carbons (Fsp3) is 0.143. The highest BCUT2D eigenvalue weighted by Gasteiger charge is 2.10. The summed E-state index contributed by atoms with van der Waals surface area (Å²) < 4.78 is 12.6. The molecule has 0 spiro atoms. The van der Waals surface area contributed by atoms with Crippen LogP contribution in [0.4, 0.5) is 4.39 Å². The molecule has 4 heteroatoms. The van der Waals surface area contributed by atoms with E-state index in [1.807, 2.05) is 0 Å². The third-order valence-electron chi connectivity index (χ3n) is 0.948. The normalized spacial score (nSPS) is 12.9. The van der Waals surface area contributed by atoms with Crippen LogP contribution in [0, 0.1) is 10.1 Å². The summed E-state index contributed by atoms with van der Waals surface area (Å²) in [6.45, 7) is 4.68. The molecule has 0 heterocycles. The van der Waals surface area contributed by atoms with Crippen LogP contribution < -0.4 is 0 Å². The average molecular weight is 157 g/mol. The van der Waals surface area contributed by atoms with Crippen molar-refractivity contribution in [3.05, 3.63) is 46.4 Å². The topological polar surface area (TPSA) is 43.1 Å². The fourth-order valence-corrected chi connectivity index (χ4v) is 0.491. The third kappa shape index (κ3) is 2.75. The lowest BCUT2D eigenvalue weighted by molar-refractivity contribution is -0.420. The molecule has 0 aliphatic rings. The SMILES string of the molecule is C=C/C(=C(F)\C=C/C)[N+](=O)[O-]. The number of nitrogens with zero attached hydrogens (tertiary/aromatic N) is 1. The number of hydrogen-bond donors (Lipinski definition) is 0. The van der Waals surface area contributed by atoms with Crippen molar-refractivity contribution in [3.63, 3.8) is 0 Å². The highest BCUT2D eigenvalue weighted by Crippen LogP contribution is 2.08. The van der Waals surface area contributed by atoms with E-state index in [4.69, 9.17) is 0 Å². The molecule has 0 aliphatic heterocycles. The van der Waals surface area contributed by atoms with Gasteiger partial charge in [-0.25, -0.2) is 0 Å². The van der Waals surface area contributed by atoms with Crippen LogP contribution in [0.5, 0.6) is 0 Å². The van der Waals surface area contributed by atoms with Crippen LogP contribution in [-0.2, 0) is 0 Å². The van der Waals surface area contributed by atoms with Gasteiger partial charge in [0.1, 0.15) is 0 Å². The minimum atomic E-state index is -0.882. The Morgan fingerprint density at radius 1 is 1.73 bits per heavy atom. The van der Waals surface area contributed by atoms with Crippen LogP contribution in [0.2, 0.25) is 0 Å². The van der Waals surface area contributed by atoms with E-state index in [9.17, 15) is 14.5 Å². The Balaban J connectivity index is 4.82. The third-order valence-corrected chi connectivity index (χ3v) is 0.948. The monoisotopic (exact) mass is 157 g/mol. The molecule has 0 radical (unpaired) electrons. The van der Waals surface area contributed by atoms with Gasteiger partial charge in [0.25, 0.3) is 0 Å². The Kier molecular flexibility index (Phi) is 3.80. The van der Waals surface area contributed by atoms with Gasteiger partial charge in [-0.2, -0.15) is 4.39 Å². The summed E-state index contributed by atoms with van der Waals surface area (Å²) in [5, 5.41) is 10.0. The van der Waals surface area contributed by atoms with Crippen LogP contribution >= 0.6 is 0 Å². The molecular weight excluding hydrogens is 149 g/mol. The van der Waals surface area contributed by atoms with Gasteiger partial charge in [-0.05, 0) is 13.0 Å². The maximum atomic E-state index is 12.6. The smallest absolute Gasteiger partial charge is 0.258 e. The first-order valence-corrected chi connectivity index (χ1v) is 2.92. The maximum Gasteiger partial charge on any atom is 0.304 e. The zero-order valence-corrected chi connectivity index (χ0v) is 6.08. The predicted octanol–water partition coefficient (Wildman–Crippen LogP) is 2.21. The molecule has 0 fully saturated rings. The second-order valence-corrected chi connectivity index (χ2v) is 1.69. The van der Waals surface area contributed by atoms with E-state index in [-0.39, 0.29) is 0 Å². The molecule has 0 N–H and O–H groups in total. The molecule has 3 nitrogen and oxygen atoms in total.